The standard InChI is InChI=1S/C11H19N3O5/c1-6(2)13(5-9(12)16)11(19)14-4-7(15)3-8(14)10(17)18/h6-8,15H,3-5H2,1-2H3,(H2,12,16)(H,17,18)/t7?,8-/m0/s1. The minimum atomic E-state index is -1.17. The van der Waals surface area contributed by atoms with Gasteiger partial charge in [0.05, 0.1) is 6.10 Å². The SMILES string of the molecule is CC(C)N(CC(N)=O)C(=O)N1CC(O)C[C@H]1C(=O)O. The van der Waals surface area contributed by atoms with Gasteiger partial charge in [0.15, 0.2) is 0 Å². The van der Waals surface area contributed by atoms with Gasteiger partial charge in [-0.05, 0) is 13.8 Å². The molecule has 0 aliphatic carbocycles. The highest BCUT2D eigenvalue weighted by Crippen LogP contribution is 2.20. The molecule has 0 aromatic rings. The van der Waals surface area contributed by atoms with Gasteiger partial charge in [0.1, 0.15) is 12.6 Å². The van der Waals surface area contributed by atoms with Crippen molar-refractivity contribution in [3.8, 4) is 0 Å². The lowest BCUT2D eigenvalue weighted by Gasteiger charge is -2.32. The lowest BCUT2D eigenvalue weighted by Crippen LogP contribution is -2.52. The highest BCUT2D eigenvalue weighted by atomic mass is 16.4. The van der Waals surface area contributed by atoms with Gasteiger partial charge in [0.25, 0.3) is 0 Å². The molecule has 0 bridgehead atoms. The van der Waals surface area contributed by atoms with Crippen molar-refractivity contribution in [1.29, 1.82) is 0 Å². The quantitative estimate of drug-likeness (QED) is 0.595. The highest BCUT2D eigenvalue weighted by Gasteiger charge is 2.41. The number of β-amino-alcohol motifs (C(OH)–C–C–N with tert-alkyl or cyclic N) is 1. The van der Waals surface area contributed by atoms with Crippen LogP contribution in [0, 0.1) is 0 Å². The van der Waals surface area contributed by atoms with Gasteiger partial charge in [-0.15, -0.1) is 0 Å². The summed E-state index contributed by atoms with van der Waals surface area (Å²) in [4.78, 5) is 36.5. The van der Waals surface area contributed by atoms with Gasteiger partial charge in [0.2, 0.25) is 5.91 Å². The molecule has 4 N–H and O–H groups in total. The van der Waals surface area contributed by atoms with E-state index in [-0.39, 0.29) is 25.6 Å². The van der Waals surface area contributed by atoms with Gasteiger partial charge in [-0.25, -0.2) is 9.59 Å². The number of hydrogen-bond donors (Lipinski definition) is 3. The first kappa shape index (κ1) is 15.2. The predicted octanol–water partition coefficient (Wildman–Crippen LogP) is -1.18. The minimum Gasteiger partial charge on any atom is -0.480 e. The van der Waals surface area contributed by atoms with Crippen molar-refractivity contribution in [2.75, 3.05) is 13.1 Å². The summed E-state index contributed by atoms with van der Waals surface area (Å²) in [5.41, 5.74) is 5.07. The zero-order valence-electron chi connectivity index (χ0n) is 10.9. The van der Waals surface area contributed by atoms with Crippen LogP contribution in [0.5, 0.6) is 0 Å². The van der Waals surface area contributed by atoms with Crippen molar-refractivity contribution >= 4 is 17.9 Å². The molecule has 108 valence electrons. The van der Waals surface area contributed by atoms with Crippen LogP contribution in [0.4, 0.5) is 4.79 Å². The third-order valence-electron chi connectivity index (χ3n) is 3.00. The fourth-order valence-corrected chi connectivity index (χ4v) is 2.06. The van der Waals surface area contributed by atoms with E-state index in [0.29, 0.717) is 0 Å². The molecule has 0 saturated carbocycles. The average molecular weight is 273 g/mol. The molecular weight excluding hydrogens is 254 g/mol. The number of likely N-dealkylation sites (tertiary alicyclic amines) is 1. The Kier molecular flexibility index (Phi) is 4.71. The zero-order valence-corrected chi connectivity index (χ0v) is 10.9. The number of rotatable bonds is 4. The lowest BCUT2D eigenvalue weighted by atomic mass is 10.2. The van der Waals surface area contributed by atoms with Crippen LogP contribution in [0.2, 0.25) is 0 Å². The summed E-state index contributed by atoms with van der Waals surface area (Å²) in [5, 5.41) is 18.5. The number of carboxylic acid groups (broad SMARTS) is 1. The van der Waals surface area contributed by atoms with Gasteiger partial charge in [-0.1, -0.05) is 0 Å². The van der Waals surface area contributed by atoms with E-state index in [0.717, 1.165) is 4.90 Å². The summed E-state index contributed by atoms with van der Waals surface area (Å²) in [6, 6.07) is -1.97. The summed E-state index contributed by atoms with van der Waals surface area (Å²) in [7, 11) is 0. The van der Waals surface area contributed by atoms with Crippen LogP contribution in [-0.4, -0.2) is 69.2 Å². The largest absolute Gasteiger partial charge is 0.480 e. The maximum absolute atomic E-state index is 12.3. The maximum atomic E-state index is 12.3. The Labute approximate surface area is 110 Å². The molecule has 1 fully saturated rings. The monoisotopic (exact) mass is 273 g/mol. The fourth-order valence-electron chi connectivity index (χ4n) is 2.06. The molecule has 0 aromatic carbocycles. The normalized spacial score (nSPS) is 22.6. The van der Waals surface area contributed by atoms with Crippen molar-refractivity contribution in [2.45, 2.75) is 38.5 Å². The summed E-state index contributed by atoms with van der Waals surface area (Å²) >= 11 is 0. The number of amides is 3. The van der Waals surface area contributed by atoms with E-state index in [1.54, 1.807) is 13.8 Å². The number of aliphatic carboxylic acids is 1. The molecule has 19 heavy (non-hydrogen) atoms. The summed E-state index contributed by atoms with van der Waals surface area (Å²) in [5.74, 6) is -1.85. The summed E-state index contributed by atoms with van der Waals surface area (Å²) < 4.78 is 0. The number of primary amides is 1. The van der Waals surface area contributed by atoms with Crippen LogP contribution in [0.25, 0.3) is 0 Å². The fraction of sp³-hybridized carbons (Fsp3) is 0.727. The maximum Gasteiger partial charge on any atom is 0.326 e. The molecule has 1 saturated heterocycles. The van der Waals surface area contributed by atoms with E-state index in [9.17, 15) is 19.5 Å². The molecule has 8 heteroatoms. The zero-order chi connectivity index (χ0) is 14.7. The average Bonchev–Trinajstić information content (AvgIpc) is 2.67. The van der Waals surface area contributed by atoms with Crippen molar-refractivity contribution in [3.63, 3.8) is 0 Å². The van der Waals surface area contributed by atoms with Gasteiger partial charge in [-0.2, -0.15) is 0 Å². The first-order valence-corrected chi connectivity index (χ1v) is 6.00. The lowest BCUT2D eigenvalue weighted by molar-refractivity contribution is -0.141. The van der Waals surface area contributed by atoms with Gasteiger partial charge in [0, 0.05) is 19.0 Å². The second-order valence-electron chi connectivity index (χ2n) is 4.87. The Morgan fingerprint density at radius 1 is 1.42 bits per heavy atom. The number of aliphatic hydroxyl groups is 1. The molecular formula is C11H19N3O5. The topological polar surface area (TPSA) is 124 Å². The Morgan fingerprint density at radius 3 is 2.42 bits per heavy atom. The van der Waals surface area contributed by atoms with Crippen LogP contribution in [0.15, 0.2) is 0 Å². The van der Waals surface area contributed by atoms with E-state index in [2.05, 4.69) is 0 Å². The second-order valence-corrected chi connectivity index (χ2v) is 4.87. The number of nitrogens with zero attached hydrogens (tertiary/aromatic N) is 2. The Bertz CT molecular complexity index is 385. The smallest absolute Gasteiger partial charge is 0.326 e. The Hall–Kier alpha value is -1.83. The third kappa shape index (κ3) is 3.57. The van der Waals surface area contributed by atoms with Crippen molar-refractivity contribution in [3.05, 3.63) is 0 Å². The van der Waals surface area contributed by atoms with Gasteiger partial charge < -0.3 is 25.7 Å². The molecule has 3 amide bonds. The number of urea groups is 1. The number of nitrogens with two attached hydrogens (primary N) is 1. The highest BCUT2D eigenvalue weighted by molar-refractivity contribution is 5.87. The molecule has 1 aliphatic rings. The molecule has 1 aliphatic heterocycles. The van der Waals surface area contributed by atoms with Crippen LogP contribution < -0.4 is 5.73 Å². The summed E-state index contributed by atoms with van der Waals surface area (Å²) in [6.45, 7) is 3.06. The number of carbonyl (C=O) groups excluding carboxylic acids is 2. The Morgan fingerprint density at radius 2 is 2.00 bits per heavy atom. The van der Waals surface area contributed by atoms with Gasteiger partial charge in [-0.3, -0.25) is 4.79 Å². The Balaban J connectivity index is 2.89. The molecule has 0 radical (unpaired) electrons. The number of carbonyl (C=O) groups is 3. The van der Waals surface area contributed by atoms with Crippen LogP contribution in [-0.2, 0) is 9.59 Å². The van der Waals surface area contributed by atoms with Crippen molar-refractivity contribution < 1.29 is 24.6 Å². The van der Waals surface area contributed by atoms with E-state index >= 15 is 0 Å². The molecule has 2 atom stereocenters. The molecule has 1 unspecified atom stereocenters. The molecule has 0 aromatic heterocycles. The summed E-state index contributed by atoms with van der Waals surface area (Å²) in [6.07, 6.45) is -0.878. The van der Waals surface area contributed by atoms with Crippen LogP contribution in [0.3, 0.4) is 0 Å². The molecule has 8 nitrogen and oxygen atoms in total. The van der Waals surface area contributed by atoms with Gasteiger partial charge >= 0.3 is 12.0 Å². The van der Waals surface area contributed by atoms with E-state index in [1.165, 1.54) is 4.90 Å². The second kappa shape index (κ2) is 5.87. The first-order valence-electron chi connectivity index (χ1n) is 6.00. The molecule has 1 rings (SSSR count). The number of aliphatic hydroxyl groups excluding tert-OH is 1. The molecule has 0 spiro atoms. The van der Waals surface area contributed by atoms with E-state index in [4.69, 9.17) is 10.8 Å². The van der Waals surface area contributed by atoms with E-state index in [1.807, 2.05) is 0 Å². The van der Waals surface area contributed by atoms with Crippen LogP contribution in [0.1, 0.15) is 20.3 Å². The first-order chi connectivity index (χ1) is 8.73. The number of hydrogen-bond acceptors (Lipinski definition) is 4. The minimum absolute atomic E-state index is 0.0103. The molecule has 1 heterocycles. The number of carboxylic acids is 1. The third-order valence-corrected chi connectivity index (χ3v) is 3.00. The van der Waals surface area contributed by atoms with E-state index < -0.39 is 30.1 Å². The predicted molar refractivity (Wildman–Crippen MR) is 65.2 cm³/mol. The van der Waals surface area contributed by atoms with Crippen molar-refractivity contribution in [1.82, 2.24) is 9.80 Å². The van der Waals surface area contributed by atoms with Crippen molar-refractivity contribution in [2.24, 2.45) is 5.73 Å². The van der Waals surface area contributed by atoms with Crippen LogP contribution >= 0.6 is 0 Å².